The number of hydrogen-bond acceptors (Lipinski definition) is 3. The lowest BCUT2D eigenvalue weighted by Gasteiger charge is -2.29. The third-order valence-electron chi connectivity index (χ3n) is 4.15. The Morgan fingerprint density at radius 1 is 1.32 bits per heavy atom. The molecule has 0 spiro atoms. The fourth-order valence-electron chi connectivity index (χ4n) is 3.16. The van der Waals surface area contributed by atoms with Gasteiger partial charge in [0.05, 0.1) is 12.7 Å². The van der Waals surface area contributed by atoms with Crippen molar-refractivity contribution >= 4 is 18.4 Å². The molecule has 124 valence electrons. The van der Waals surface area contributed by atoms with Gasteiger partial charge in [-0.15, -0.1) is 12.4 Å². The molecule has 5 heteroatoms. The van der Waals surface area contributed by atoms with Crippen molar-refractivity contribution in [3.05, 3.63) is 29.3 Å². The van der Waals surface area contributed by atoms with Crippen molar-refractivity contribution in [2.75, 3.05) is 26.7 Å². The average molecular weight is 328 g/mol. The molecule has 1 saturated heterocycles. The Kier molecular flexibility index (Phi) is 7.69. The monoisotopic (exact) mass is 327 g/mol. The smallest absolute Gasteiger partial charge is 0.336 e. The molecule has 1 aromatic carbocycles. The zero-order chi connectivity index (χ0) is 15.2. The van der Waals surface area contributed by atoms with Crippen LogP contribution < -0.4 is 4.74 Å². The number of carbonyl (C=O) groups is 1. The Balaban J connectivity index is 0.00000242. The van der Waals surface area contributed by atoms with E-state index in [9.17, 15) is 9.90 Å². The standard InChI is InChI=1S/C17H25NO3.ClH/c1-13(12-18-9-4-3-5-10-18)11-15-14(17(19)20)7-6-8-16(15)21-2;/h6-8,13H,3-5,9-12H2,1-2H3,(H,19,20);1H. The Hall–Kier alpha value is -1.26. The Bertz CT molecular complexity index is 487. The first-order chi connectivity index (χ1) is 10.1. The van der Waals surface area contributed by atoms with Gasteiger partial charge in [0.2, 0.25) is 0 Å². The van der Waals surface area contributed by atoms with Gasteiger partial charge in [-0.25, -0.2) is 4.79 Å². The number of piperidine rings is 1. The van der Waals surface area contributed by atoms with E-state index in [0.717, 1.165) is 18.5 Å². The molecule has 0 radical (unpaired) electrons. The normalized spacial score (nSPS) is 16.6. The second-order valence-corrected chi connectivity index (χ2v) is 5.96. The van der Waals surface area contributed by atoms with Crippen molar-refractivity contribution in [3.63, 3.8) is 0 Å². The van der Waals surface area contributed by atoms with Crippen LogP contribution in [0.4, 0.5) is 0 Å². The van der Waals surface area contributed by atoms with E-state index in [4.69, 9.17) is 4.74 Å². The van der Waals surface area contributed by atoms with Gasteiger partial charge < -0.3 is 14.7 Å². The molecule has 2 rings (SSSR count). The second kappa shape index (κ2) is 9.01. The minimum absolute atomic E-state index is 0. The summed E-state index contributed by atoms with van der Waals surface area (Å²) in [6.07, 6.45) is 4.63. The third kappa shape index (κ3) is 4.89. The topological polar surface area (TPSA) is 49.8 Å². The van der Waals surface area contributed by atoms with Crippen LogP contribution in [0, 0.1) is 5.92 Å². The summed E-state index contributed by atoms with van der Waals surface area (Å²) in [4.78, 5) is 13.9. The van der Waals surface area contributed by atoms with E-state index < -0.39 is 5.97 Å². The van der Waals surface area contributed by atoms with Crippen molar-refractivity contribution in [1.82, 2.24) is 4.90 Å². The van der Waals surface area contributed by atoms with Crippen LogP contribution >= 0.6 is 12.4 Å². The number of hydrogen-bond donors (Lipinski definition) is 1. The number of nitrogens with zero attached hydrogens (tertiary/aromatic N) is 1. The Morgan fingerprint density at radius 2 is 2.00 bits per heavy atom. The van der Waals surface area contributed by atoms with E-state index in [0.29, 0.717) is 17.2 Å². The molecule has 22 heavy (non-hydrogen) atoms. The first kappa shape index (κ1) is 18.8. The number of halogens is 1. The van der Waals surface area contributed by atoms with Crippen LogP contribution in [-0.2, 0) is 6.42 Å². The van der Waals surface area contributed by atoms with Crippen LogP contribution in [-0.4, -0.2) is 42.7 Å². The number of ether oxygens (including phenoxy) is 1. The van der Waals surface area contributed by atoms with Gasteiger partial charge in [-0.1, -0.05) is 19.4 Å². The first-order valence-electron chi connectivity index (χ1n) is 7.73. The highest BCUT2D eigenvalue weighted by atomic mass is 35.5. The van der Waals surface area contributed by atoms with Crippen LogP contribution in [0.2, 0.25) is 0 Å². The van der Waals surface area contributed by atoms with E-state index in [1.165, 1.54) is 32.4 Å². The SMILES string of the molecule is COc1cccc(C(=O)O)c1CC(C)CN1CCCCC1.Cl. The zero-order valence-corrected chi connectivity index (χ0v) is 14.2. The molecule has 1 fully saturated rings. The van der Waals surface area contributed by atoms with Crippen molar-refractivity contribution in [2.24, 2.45) is 5.92 Å². The quantitative estimate of drug-likeness (QED) is 0.869. The molecule has 1 aliphatic rings. The fraction of sp³-hybridized carbons (Fsp3) is 0.588. The maximum atomic E-state index is 11.4. The van der Waals surface area contributed by atoms with Gasteiger partial charge in [0.1, 0.15) is 5.75 Å². The second-order valence-electron chi connectivity index (χ2n) is 5.96. The van der Waals surface area contributed by atoms with E-state index in [1.807, 2.05) is 6.07 Å². The number of carboxylic acids is 1. The minimum Gasteiger partial charge on any atom is -0.496 e. The lowest BCUT2D eigenvalue weighted by atomic mass is 9.95. The zero-order valence-electron chi connectivity index (χ0n) is 13.4. The molecule has 1 heterocycles. The van der Waals surface area contributed by atoms with Gasteiger partial charge in [0.25, 0.3) is 0 Å². The summed E-state index contributed by atoms with van der Waals surface area (Å²) in [6, 6.07) is 5.24. The summed E-state index contributed by atoms with van der Waals surface area (Å²) in [5.41, 5.74) is 1.18. The van der Waals surface area contributed by atoms with Crippen molar-refractivity contribution in [2.45, 2.75) is 32.6 Å². The van der Waals surface area contributed by atoms with E-state index in [1.54, 1.807) is 19.2 Å². The molecule has 0 aliphatic carbocycles. The van der Waals surface area contributed by atoms with Crippen molar-refractivity contribution in [1.29, 1.82) is 0 Å². The number of aromatic carboxylic acids is 1. The summed E-state index contributed by atoms with van der Waals surface area (Å²) in [5, 5.41) is 9.35. The fourth-order valence-corrected chi connectivity index (χ4v) is 3.16. The van der Waals surface area contributed by atoms with E-state index in [-0.39, 0.29) is 12.4 Å². The summed E-state index contributed by atoms with van der Waals surface area (Å²) < 4.78 is 5.35. The van der Waals surface area contributed by atoms with Gasteiger partial charge in [0, 0.05) is 12.1 Å². The average Bonchev–Trinajstić information content (AvgIpc) is 2.48. The van der Waals surface area contributed by atoms with Gasteiger partial charge in [-0.3, -0.25) is 0 Å². The Labute approximate surface area is 138 Å². The molecule has 1 N–H and O–H groups in total. The van der Waals surface area contributed by atoms with Gasteiger partial charge >= 0.3 is 5.97 Å². The molecule has 4 nitrogen and oxygen atoms in total. The highest BCUT2D eigenvalue weighted by Crippen LogP contribution is 2.26. The van der Waals surface area contributed by atoms with E-state index in [2.05, 4.69) is 11.8 Å². The summed E-state index contributed by atoms with van der Waals surface area (Å²) in [5.74, 6) is 0.215. The van der Waals surface area contributed by atoms with Gasteiger partial charge in [0.15, 0.2) is 0 Å². The summed E-state index contributed by atoms with van der Waals surface area (Å²) in [6.45, 7) is 5.55. The molecule has 0 amide bonds. The molecule has 1 aliphatic heterocycles. The maximum absolute atomic E-state index is 11.4. The molecule has 0 saturated carbocycles. The molecule has 0 aromatic heterocycles. The molecule has 1 unspecified atom stereocenters. The number of likely N-dealkylation sites (tertiary alicyclic amines) is 1. The van der Waals surface area contributed by atoms with Crippen LogP contribution in [0.3, 0.4) is 0 Å². The van der Waals surface area contributed by atoms with Crippen molar-refractivity contribution in [3.8, 4) is 5.75 Å². The maximum Gasteiger partial charge on any atom is 0.336 e. The molecular weight excluding hydrogens is 302 g/mol. The van der Waals surface area contributed by atoms with Gasteiger partial charge in [-0.2, -0.15) is 0 Å². The largest absolute Gasteiger partial charge is 0.496 e. The Morgan fingerprint density at radius 3 is 2.59 bits per heavy atom. The van der Waals surface area contributed by atoms with Crippen LogP contribution in [0.15, 0.2) is 18.2 Å². The number of methoxy groups -OCH3 is 1. The number of benzene rings is 1. The predicted octanol–water partition coefficient (Wildman–Crippen LogP) is 3.48. The summed E-state index contributed by atoms with van der Waals surface area (Å²) in [7, 11) is 1.60. The number of rotatable bonds is 6. The molecule has 0 bridgehead atoms. The van der Waals surface area contributed by atoms with E-state index >= 15 is 0 Å². The lowest BCUT2D eigenvalue weighted by molar-refractivity contribution is 0.0695. The summed E-state index contributed by atoms with van der Waals surface area (Å²) >= 11 is 0. The van der Waals surface area contributed by atoms with Crippen LogP contribution in [0.25, 0.3) is 0 Å². The number of carboxylic acid groups (broad SMARTS) is 1. The van der Waals surface area contributed by atoms with Crippen LogP contribution in [0.1, 0.15) is 42.1 Å². The molecule has 1 atom stereocenters. The van der Waals surface area contributed by atoms with Crippen LogP contribution in [0.5, 0.6) is 5.75 Å². The third-order valence-corrected chi connectivity index (χ3v) is 4.15. The van der Waals surface area contributed by atoms with Crippen molar-refractivity contribution < 1.29 is 14.6 Å². The minimum atomic E-state index is -0.880. The lowest BCUT2D eigenvalue weighted by Crippen LogP contribution is -2.34. The highest BCUT2D eigenvalue weighted by molar-refractivity contribution is 5.90. The highest BCUT2D eigenvalue weighted by Gasteiger charge is 2.19. The molecular formula is C17H26ClNO3. The van der Waals surface area contributed by atoms with Gasteiger partial charge in [-0.05, 0) is 50.4 Å². The predicted molar refractivity (Wildman–Crippen MR) is 90.4 cm³/mol. The first-order valence-corrected chi connectivity index (χ1v) is 7.73. The molecule has 1 aromatic rings.